The van der Waals surface area contributed by atoms with Crippen LogP contribution in [0, 0.1) is 0 Å². The van der Waals surface area contributed by atoms with E-state index in [9.17, 15) is 4.79 Å². The van der Waals surface area contributed by atoms with Crippen LogP contribution in [-0.4, -0.2) is 18.5 Å². The number of amides is 1. The minimum atomic E-state index is -0.195. The van der Waals surface area contributed by atoms with E-state index in [1.807, 2.05) is 19.1 Å². The molecule has 3 nitrogen and oxygen atoms in total. The summed E-state index contributed by atoms with van der Waals surface area (Å²) in [6.07, 6.45) is 1.01. The minimum absolute atomic E-state index is 0.0456. The highest BCUT2D eigenvalue weighted by molar-refractivity contribution is 6.30. The lowest BCUT2D eigenvalue weighted by Crippen LogP contribution is -2.38. The lowest BCUT2D eigenvalue weighted by atomic mass is 10.2. The van der Waals surface area contributed by atoms with Gasteiger partial charge in [0.05, 0.1) is 6.04 Å². The third-order valence-corrected chi connectivity index (χ3v) is 2.42. The number of rotatable bonds is 5. The Labute approximate surface area is 101 Å². The first-order chi connectivity index (χ1) is 7.63. The monoisotopic (exact) mass is 240 g/mol. The Kier molecular flexibility index (Phi) is 5.29. The number of hydrogen-bond donors (Lipinski definition) is 2. The molecule has 0 bridgehead atoms. The maximum atomic E-state index is 11.7. The SMILES string of the molecule is CCCNC(C)C(=O)Nc1cccc(Cl)c1. The van der Waals surface area contributed by atoms with Crippen LogP contribution in [0.15, 0.2) is 24.3 Å². The largest absolute Gasteiger partial charge is 0.325 e. The smallest absolute Gasteiger partial charge is 0.241 e. The molecule has 0 aromatic heterocycles. The molecule has 4 heteroatoms. The van der Waals surface area contributed by atoms with Crippen molar-refractivity contribution in [3.8, 4) is 0 Å². The second-order valence-corrected chi connectivity index (χ2v) is 4.11. The summed E-state index contributed by atoms with van der Waals surface area (Å²) in [5, 5.41) is 6.54. The van der Waals surface area contributed by atoms with Gasteiger partial charge in [0, 0.05) is 10.7 Å². The van der Waals surface area contributed by atoms with Gasteiger partial charge in [-0.1, -0.05) is 24.6 Å². The maximum absolute atomic E-state index is 11.7. The Hall–Kier alpha value is -1.06. The lowest BCUT2D eigenvalue weighted by molar-refractivity contribution is -0.117. The highest BCUT2D eigenvalue weighted by atomic mass is 35.5. The number of halogens is 1. The Morgan fingerprint density at radius 1 is 1.50 bits per heavy atom. The van der Waals surface area contributed by atoms with E-state index >= 15 is 0 Å². The molecule has 0 saturated carbocycles. The Morgan fingerprint density at radius 2 is 2.25 bits per heavy atom. The third-order valence-electron chi connectivity index (χ3n) is 2.19. The van der Waals surface area contributed by atoms with Crippen molar-refractivity contribution in [3.63, 3.8) is 0 Å². The molecule has 0 aliphatic rings. The Morgan fingerprint density at radius 3 is 2.88 bits per heavy atom. The van der Waals surface area contributed by atoms with Crippen LogP contribution in [0.5, 0.6) is 0 Å². The molecule has 0 saturated heterocycles. The molecule has 1 rings (SSSR count). The molecule has 0 spiro atoms. The summed E-state index contributed by atoms with van der Waals surface area (Å²) in [5.41, 5.74) is 0.725. The maximum Gasteiger partial charge on any atom is 0.241 e. The van der Waals surface area contributed by atoms with Crippen molar-refractivity contribution in [3.05, 3.63) is 29.3 Å². The number of benzene rings is 1. The molecule has 2 N–H and O–H groups in total. The number of nitrogens with one attached hydrogen (secondary N) is 2. The zero-order chi connectivity index (χ0) is 12.0. The van der Waals surface area contributed by atoms with Crippen molar-refractivity contribution < 1.29 is 4.79 Å². The molecular formula is C12H17ClN2O. The van der Waals surface area contributed by atoms with Gasteiger partial charge in [-0.2, -0.15) is 0 Å². The van der Waals surface area contributed by atoms with Crippen LogP contribution < -0.4 is 10.6 Å². The number of hydrogen-bond acceptors (Lipinski definition) is 2. The molecule has 0 fully saturated rings. The normalized spacial score (nSPS) is 12.2. The fraction of sp³-hybridized carbons (Fsp3) is 0.417. The van der Waals surface area contributed by atoms with Gasteiger partial charge in [0.2, 0.25) is 5.91 Å². The number of carbonyl (C=O) groups is 1. The molecule has 1 atom stereocenters. The predicted octanol–water partition coefficient (Wildman–Crippen LogP) is 2.67. The molecule has 0 radical (unpaired) electrons. The summed E-state index contributed by atoms with van der Waals surface area (Å²) in [6.45, 7) is 4.74. The average Bonchev–Trinajstić information content (AvgIpc) is 2.25. The lowest BCUT2D eigenvalue weighted by Gasteiger charge is -2.13. The van der Waals surface area contributed by atoms with Gasteiger partial charge in [0.15, 0.2) is 0 Å². The van der Waals surface area contributed by atoms with Crippen molar-refractivity contribution >= 4 is 23.2 Å². The van der Waals surface area contributed by atoms with Gasteiger partial charge in [-0.3, -0.25) is 4.79 Å². The topological polar surface area (TPSA) is 41.1 Å². The van der Waals surface area contributed by atoms with Crippen molar-refractivity contribution in [2.75, 3.05) is 11.9 Å². The van der Waals surface area contributed by atoms with Crippen molar-refractivity contribution in [1.82, 2.24) is 5.32 Å². The third kappa shape index (κ3) is 4.21. The first kappa shape index (κ1) is 13.0. The van der Waals surface area contributed by atoms with E-state index in [1.165, 1.54) is 0 Å². The molecular weight excluding hydrogens is 224 g/mol. The summed E-state index contributed by atoms with van der Waals surface area (Å²) >= 11 is 5.82. The zero-order valence-corrected chi connectivity index (χ0v) is 10.3. The summed E-state index contributed by atoms with van der Waals surface area (Å²) in [5.74, 6) is -0.0456. The zero-order valence-electron chi connectivity index (χ0n) is 9.59. The molecule has 1 unspecified atom stereocenters. The van der Waals surface area contributed by atoms with Crippen LogP contribution in [0.2, 0.25) is 5.02 Å². The van der Waals surface area contributed by atoms with E-state index in [4.69, 9.17) is 11.6 Å². The van der Waals surface area contributed by atoms with Crippen LogP contribution in [0.4, 0.5) is 5.69 Å². The molecule has 1 aromatic carbocycles. The van der Waals surface area contributed by atoms with Crippen LogP contribution in [0.3, 0.4) is 0 Å². The standard InChI is InChI=1S/C12H17ClN2O/c1-3-7-14-9(2)12(16)15-11-6-4-5-10(13)8-11/h4-6,8-9,14H,3,7H2,1-2H3,(H,15,16). The number of anilines is 1. The van der Waals surface area contributed by atoms with Crippen LogP contribution in [0.25, 0.3) is 0 Å². The van der Waals surface area contributed by atoms with E-state index in [0.717, 1.165) is 18.7 Å². The highest BCUT2D eigenvalue weighted by Gasteiger charge is 2.11. The van der Waals surface area contributed by atoms with Crippen molar-refractivity contribution in [2.24, 2.45) is 0 Å². The fourth-order valence-electron chi connectivity index (χ4n) is 1.27. The first-order valence-electron chi connectivity index (χ1n) is 5.43. The summed E-state index contributed by atoms with van der Waals surface area (Å²) in [7, 11) is 0. The van der Waals surface area contributed by atoms with Gasteiger partial charge in [-0.15, -0.1) is 0 Å². The van der Waals surface area contributed by atoms with Crippen molar-refractivity contribution in [1.29, 1.82) is 0 Å². The summed E-state index contributed by atoms with van der Waals surface area (Å²) in [4.78, 5) is 11.7. The summed E-state index contributed by atoms with van der Waals surface area (Å²) < 4.78 is 0. The second kappa shape index (κ2) is 6.51. The minimum Gasteiger partial charge on any atom is -0.325 e. The molecule has 0 heterocycles. The van der Waals surface area contributed by atoms with E-state index in [0.29, 0.717) is 5.02 Å². The molecule has 1 aromatic rings. The first-order valence-corrected chi connectivity index (χ1v) is 5.81. The van der Waals surface area contributed by atoms with Crippen LogP contribution in [-0.2, 0) is 4.79 Å². The second-order valence-electron chi connectivity index (χ2n) is 3.68. The van der Waals surface area contributed by atoms with Gasteiger partial charge < -0.3 is 10.6 Å². The van der Waals surface area contributed by atoms with Gasteiger partial charge in [0.25, 0.3) is 0 Å². The van der Waals surface area contributed by atoms with E-state index < -0.39 is 0 Å². The van der Waals surface area contributed by atoms with Crippen LogP contribution >= 0.6 is 11.6 Å². The van der Waals surface area contributed by atoms with E-state index in [1.54, 1.807) is 12.1 Å². The molecule has 16 heavy (non-hydrogen) atoms. The average molecular weight is 241 g/mol. The van der Waals surface area contributed by atoms with Crippen LogP contribution in [0.1, 0.15) is 20.3 Å². The molecule has 0 aliphatic heterocycles. The summed E-state index contributed by atoms with van der Waals surface area (Å²) in [6, 6.07) is 6.93. The number of carbonyl (C=O) groups excluding carboxylic acids is 1. The molecule has 88 valence electrons. The van der Waals surface area contributed by atoms with E-state index in [-0.39, 0.29) is 11.9 Å². The Balaban J connectivity index is 2.50. The fourth-order valence-corrected chi connectivity index (χ4v) is 1.46. The van der Waals surface area contributed by atoms with Crippen molar-refractivity contribution in [2.45, 2.75) is 26.3 Å². The van der Waals surface area contributed by atoms with Gasteiger partial charge >= 0.3 is 0 Å². The van der Waals surface area contributed by atoms with E-state index in [2.05, 4.69) is 17.6 Å². The highest BCUT2D eigenvalue weighted by Crippen LogP contribution is 2.14. The quantitative estimate of drug-likeness (QED) is 0.831. The molecule has 1 amide bonds. The van der Waals surface area contributed by atoms with Gasteiger partial charge in [0.1, 0.15) is 0 Å². The van der Waals surface area contributed by atoms with Gasteiger partial charge in [-0.25, -0.2) is 0 Å². The Bertz CT molecular complexity index is 355. The van der Waals surface area contributed by atoms with Gasteiger partial charge in [-0.05, 0) is 38.1 Å². The predicted molar refractivity (Wildman–Crippen MR) is 67.8 cm³/mol. The molecule has 0 aliphatic carbocycles.